The monoisotopic (exact) mass is 1560 g/mol. The molecule has 8 aromatic rings. The van der Waals surface area contributed by atoms with Crippen LogP contribution in [0.3, 0.4) is 0 Å². The summed E-state index contributed by atoms with van der Waals surface area (Å²) in [7, 11) is 14.8. The van der Waals surface area contributed by atoms with E-state index in [1.165, 1.54) is 66.7 Å². The SMILES string of the molecule is CC(C)(C)OC(=O)CBr.CC(C)(C)OC(=O)COc1ccc(C(=O)c2ccccc2)c(O)c1.O=C(Cl)c1ccccc1.O=C(O)COc1ccc(C(=O)c2ccccc2)c(O)c1.O=C(c1ccccc1)c1ccc(O)cc1O.Oc1cccc(O)c1.[2H]C(=O)OO[CH-]F.[Cl][Al]([Cl])[Cl].[K+].[K+]. The van der Waals surface area contributed by atoms with E-state index < -0.39 is 47.2 Å². The first-order valence-electron chi connectivity index (χ1n) is 27.9. The summed E-state index contributed by atoms with van der Waals surface area (Å²) in [5.74, 6) is -2.80. The molecule has 510 valence electrons. The van der Waals surface area contributed by atoms with Gasteiger partial charge in [0.25, 0.3) is 5.24 Å². The summed E-state index contributed by atoms with van der Waals surface area (Å²) in [6.07, 6.45) is -1.44. The van der Waals surface area contributed by atoms with Crippen molar-refractivity contribution in [3.05, 3.63) is 246 Å². The van der Waals surface area contributed by atoms with E-state index in [9.17, 15) is 58.1 Å². The number of alkyl halides is 1. The van der Waals surface area contributed by atoms with Gasteiger partial charge in [-0.2, -0.15) is 0 Å². The second-order valence-electron chi connectivity index (χ2n) is 20.2. The number of carbonyl (C=O) groups excluding carboxylic acids is 7. The van der Waals surface area contributed by atoms with Crippen LogP contribution in [0.1, 0.15) is 101 Å². The van der Waals surface area contributed by atoms with Crippen LogP contribution in [0.4, 0.5) is 4.39 Å². The molecular weight excluding hydrogens is 1500 g/mol. The van der Waals surface area contributed by atoms with Crippen LogP contribution in [-0.4, -0.2) is 124 Å². The van der Waals surface area contributed by atoms with E-state index in [-0.39, 0.29) is 213 Å². The van der Waals surface area contributed by atoms with Crippen molar-refractivity contribution in [2.24, 2.45) is 0 Å². The first-order chi connectivity index (χ1) is 45.6. The van der Waals surface area contributed by atoms with Gasteiger partial charge in [-0.1, -0.05) is 143 Å². The molecule has 0 atom stereocenters. The molecule has 7 N–H and O–H groups in total. The fourth-order valence-electron chi connectivity index (χ4n) is 6.66. The summed E-state index contributed by atoms with van der Waals surface area (Å²) in [4.78, 5) is 95.3. The van der Waals surface area contributed by atoms with Gasteiger partial charge in [0.15, 0.2) is 31.9 Å². The Morgan fingerprint density at radius 1 is 0.500 bits per heavy atom. The number of hydrogen-bond acceptors (Lipinski definition) is 20. The van der Waals surface area contributed by atoms with E-state index >= 15 is 0 Å². The third-order valence-electron chi connectivity index (χ3n) is 10.4. The van der Waals surface area contributed by atoms with Crippen molar-refractivity contribution in [2.75, 3.05) is 18.5 Å². The zero-order chi connectivity index (χ0) is 73.3. The zero-order valence-corrected chi connectivity index (χ0v) is 66.0. The molecule has 98 heavy (non-hydrogen) atoms. The number of aromatic hydroxyl groups is 6. The van der Waals surface area contributed by atoms with Gasteiger partial charge in [-0.05, 0) is 109 Å². The predicted molar refractivity (Wildman–Crippen MR) is 363 cm³/mol. The van der Waals surface area contributed by atoms with Gasteiger partial charge in [-0.15, -0.1) is 0 Å². The number of carboxylic acid groups (broad SMARTS) is 1. The zero-order valence-electron chi connectivity index (χ0n) is 54.9. The molecule has 0 saturated carbocycles. The minimum Gasteiger partial charge on any atom is -0.508 e. The van der Waals surface area contributed by atoms with Crippen molar-refractivity contribution < 1.29 is 211 Å². The Labute approximate surface area is 681 Å². The summed E-state index contributed by atoms with van der Waals surface area (Å²) in [5, 5.41) is 64.2. The molecule has 0 aromatic heterocycles. The van der Waals surface area contributed by atoms with Gasteiger partial charge in [-0.3, -0.25) is 28.8 Å². The topological polar surface area (TPSA) is 334 Å². The fourth-order valence-corrected chi connectivity index (χ4v) is 6.90. The number of carboxylic acids is 1. The third-order valence-corrected chi connectivity index (χ3v) is 11.1. The minimum atomic E-state index is -1.72. The average Bonchev–Trinajstić information content (AvgIpc) is 0.864. The fraction of sp³-hybridized carbons (Fsp3) is 0.162. The van der Waals surface area contributed by atoms with E-state index in [1.807, 2.05) is 39.0 Å². The molecule has 0 aliphatic heterocycles. The maximum absolute atomic E-state index is 12.3. The number of carbonyl (C=O) groups is 8. The number of hydrogen-bond donors (Lipinski definition) is 7. The van der Waals surface area contributed by atoms with Gasteiger partial charge in [0, 0.05) is 46.5 Å². The van der Waals surface area contributed by atoms with Crippen LogP contribution in [0.2, 0.25) is 0 Å². The molecule has 0 bridgehead atoms. The number of ketones is 3. The number of benzene rings is 8. The van der Waals surface area contributed by atoms with Crippen LogP contribution in [0, 0.1) is 6.86 Å². The van der Waals surface area contributed by atoms with Crippen molar-refractivity contribution >= 4 is 116 Å². The maximum atomic E-state index is 12.3. The Morgan fingerprint density at radius 3 is 1.08 bits per heavy atom. The van der Waals surface area contributed by atoms with E-state index in [2.05, 4.69) is 25.7 Å². The van der Waals surface area contributed by atoms with Crippen LogP contribution >= 0.6 is 57.7 Å². The number of halogens is 6. The molecule has 8 aromatic carbocycles. The molecule has 0 saturated heterocycles. The van der Waals surface area contributed by atoms with Gasteiger partial charge < -0.3 is 68.9 Å². The quantitative estimate of drug-likeness (QED) is 0.00548. The molecule has 0 spiro atoms. The summed E-state index contributed by atoms with van der Waals surface area (Å²) in [6.45, 7) is 9.69. The van der Waals surface area contributed by atoms with Gasteiger partial charge in [0.1, 0.15) is 62.5 Å². The number of ether oxygens (including phenoxy) is 4. The molecule has 30 heteroatoms. The Bertz CT molecular complexity index is 3750. The van der Waals surface area contributed by atoms with Crippen LogP contribution in [0.5, 0.6) is 46.0 Å². The Balaban J connectivity index is 0. The van der Waals surface area contributed by atoms with Crippen molar-refractivity contribution in [3.63, 3.8) is 0 Å². The summed E-state index contributed by atoms with van der Waals surface area (Å²) >= 11 is 6.43. The molecule has 0 heterocycles. The number of phenolic OH excluding ortho intramolecular Hbond substituents is 6. The summed E-state index contributed by atoms with van der Waals surface area (Å²) in [6, 6.07) is 52.8. The predicted octanol–water partition coefficient (Wildman–Crippen LogP) is 8.52. The van der Waals surface area contributed by atoms with E-state index in [0.29, 0.717) is 22.3 Å². The standard InChI is InChI=1S/C19H20O5.C15H12O5.C13H10O3.C7H5ClO.C6H11BrO2.C6H6O2.C2H2FO3.Al.3ClH.2K/c1-19(2,3)24-17(21)12-23-14-9-10-15(16(20)11-14)18(22)13-7-5-4-6-8-13;16-13-8-11(20-9-14(17)18)6-7-12(13)15(19)10-4-2-1-3-5-10;14-10-6-7-11(12(15)8-10)13(16)9-4-2-1-3-5-9;8-7(9)6-4-2-1-3-5-6;1-6(2,3)9-5(8)4-7;7-5-2-1-3-6(8)4-5;3-1-5-6-2-4;;;;;;/h4-11,20H,12H2,1-3H3;1-8,16H,9H2,(H,17,18);1-8,14-15H;1-5H;4H2,1-3H3;1-4,7-8H;1-2H;;3*1H;;/q;;;;;;-1;+3;;;;2*+1/p-3/i;;;;;;2D;;;;;;. The largest absolute Gasteiger partial charge is 1.00 e. The number of phenols is 6. The number of rotatable bonds is 16. The molecule has 21 nitrogen and oxygen atoms in total. The molecule has 0 aliphatic carbocycles. The van der Waals surface area contributed by atoms with Crippen molar-refractivity contribution in [3.8, 4) is 46.0 Å². The molecule has 0 radical (unpaired) electrons. The first-order valence-corrected chi connectivity index (χ1v) is 34.2. The van der Waals surface area contributed by atoms with Crippen molar-refractivity contribution in [2.45, 2.75) is 52.7 Å². The van der Waals surface area contributed by atoms with Gasteiger partial charge in [0.2, 0.25) is 0 Å². The van der Waals surface area contributed by atoms with E-state index in [0.717, 1.165) is 6.07 Å². The Hall–Kier alpha value is -5.94. The van der Waals surface area contributed by atoms with Gasteiger partial charge in [-0.25, -0.2) is 39.7 Å². The average molecular weight is 1570 g/mol. The van der Waals surface area contributed by atoms with E-state index in [1.54, 1.807) is 130 Å². The van der Waals surface area contributed by atoms with Crippen LogP contribution in [-0.2, 0) is 38.4 Å². The smallest absolute Gasteiger partial charge is 0.508 e. The van der Waals surface area contributed by atoms with Crippen molar-refractivity contribution in [1.29, 1.82) is 0 Å². The van der Waals surface area contributed by atoms with Crippen LogP contribution < -0.4 is 112 Å². The summed E-state index contributed by atoms with van der Waals surface area (Å²) in [5.41, 5.74) is 1.54. The molecule has 8 rings (SSSR count). The second kappa shape index (κ2) is 52.1. The Morgan fingerprint density at radius 2 is 0.827 bits per heavy atom. The second-order valence-corrected chi connectivity index (χ2v) is 27.5. The number of aliphatic carboxylic acids is 1. The minimum absolute atomic E-state index is 0. The Kier molecular flexibility index (Phi) is 48.9. The molecule has 0 amide bonds. The van der Waals surface area contributed by atoms with Crippen LogP contribution in [0.25, 0.3) is 0 Å². The van der Waals surface area contributed by atoms with Crippen molar-refractivity contribution in [1.82, 2.24) is 0 Å². The molecular formula is C68H66AlBrCl4FK2O21+. The van der Waals surface area contributed by atoms with Gasteiger partial charge >= 0.3 is 139 Å². The molecule has 0 aliphatic rings. The number of esters is 2. The van der Waals surface area contributed by atoms with E-state index in [4.69, 9.17) is 82.5 Å². The molecule has 0 unspecified atom stereocenters. The van der Waals surface area contributed by atoms with Crippen LogP contribution in [0.15, 0.2) is 200 Å². The molecule has 0 fully saturated rings. The summed E-state index contributed by atoms with van der Waals surface area (Å²) < 4.78 is 36.8. The van der Waals surface area contributed by atoms with Gasteiger partial charge in [0.05, 0.1) is 16.7 Å². The normalized spacial score (nSPS) is 9.82. The third kappa shape index (κ3) is 43.6. The maximum Gasteiger partial charge on any atom is 1.00 e. The first kappa shape index (κ1) is 92.1.